The normalized spacial score (nSPS) is 23.0. The van der Waals surface area contributed by atoms with E-state index < -0.39 is 0 Å². The Morgan fingerprint density at radius 2 is 1.92 bits per heavy atom. The molecule has 0 amide bonds. The third kappa shape index (κ3) is 2.07. The minimum Gasteiger partial charge on any atom is -0.340 e. The summed E-state index contributed by atoms with van der Waals surface area (Å²) >= 11 is 0. The number of rotatable bonds is 1. The number of benzene rings is 1. The molecule has 0 saturated carbocycles. The average molecular weight is 180 g/mol. The van der Waals surface area contributed by atoms with Gasteiger partial charge in [0, 0.05) is 12.0 Å². The van der Waals surface area contributed by atoms with Crippen LogP contribution >= 0.6 is 0 Å². The molecule has 1 atom stereocenters. The number of quaternary nitrogens is 1. The summed E-state index contributed by atoms with van der Waals surface area (Å²) in [4.78, 5) is 0. The Hall–Kier alpha value is -0.890. The zero-order chi connectivity index (χ0) is 9.10. The lowest BCUT2D eigenvalue weighted by molar-refractivity contribution is -0.704. The first kappa shape index (κ1) is 8.70. The van der Waals surface area contributed by atoms with E-state index in [0.29, 0.717) is 6.04 Å². The van der Waals surface area contributed by atoms with Crippen LogP contribution < -0.4 is 5.32 Å². The van der Waals surface area contributed by atoms with Crippen molar-refractivity contribution in [2.75, 3.05) is 6.54 Å². The lowest BCUT2D eigenvalue weighted by Crippen LogP contribution is -2.86. The van der Waals surface area contributed by atoms with Crippen molar-refractivity contribution in [2.24, 2.45) is 0 Å². The van der Waals surface area contributed by atoms with E-state index in [9.17, 15) is 4.39 Å². The molecule has 0 radical (unpaired) electrons. The van der Waals surface area contributed by atoms with E-state index in [1.807, 2.05) is 12.1 Å². The Balaban J connectivity index is 2.10. The zero-order valence-electron chi connectivity index (χ0n) is 7.67. The topological polar surface area (TPSA) is 16.6 Å². The van der Waals surface area contributed by atoms with Gasteiger partial charge in [-0.05, 0) is 25.0 Å². The molecule has 0 aromatic heterocycles. The first-order valence-electron chi connectivity index (χ1n) is 4.95. The summed E-state index contributed by atoms with van der Waals surface area (Å²) < 4.78 is 12.6. The first-order chi connectivity index (χ1) is 6.36. The molecule has 2 heteroatoms. The van der Waals surface area contributed by atoms with E-state index in [1.165, 1.54) is 31.4 Å². The maximum Gasteiger partial charge on any atom is 0.123 e. The van der Waals surface area contributed by atoms with Crippen LogP contribution in [-0.4, -0.2) is 6.54 Å². The van der Waals surface area contributed by atoms with E-state index in [0.717, 1.165) is 0 Å². The fraction of sp³-hybridized carbons (Fsp3) is 0.455. The summed E-state index contributed by atoms with van der Waals surface area (Å²) in [6.45, 7) is 1.21. The van der Waals surface area contributed by atoms with Crippen LogP contribution in [0.2, 0.25) is 0 Å². The van der Waals surface area contributed by atoms with Crippen molar-refractivity contribution >= 4 is 0 Å². The second kappa shape index (κ2) is 3.88. The van der Waals surface area contributed by atoms with Crippen molar-refractivity contribution in [3.05, 3.63) is 35.6 Å². The fourth-order valence-electron chi connectivity index (χ4n) is 1.96. The summed E-state index contributed by atoms with van der Waals surface area (Å²) in [5, 5.41) is 2.36. The molecule has 1 aliphatic heterocycles. The Labute approximate surface area is 78.0 Å². The largest absolute Gasteiger partial charge is 0.340 e. The number of hydrogen-bond donors (Lipinski definition) is 1. The highest BCUT2D eigenvalue weighted by Gasteiger charge is 2.17. The van der Waals surface area contributed by atoms with Crippen LogP contribution in [0.25, 0.3) is 0 Å². The van der Waals surface area contributed by atoms with Gasteiger partial charge in [0.25, 0.3) is 0 Å². The van der Waals surface area contributed by atoms with Gasteiger partial charge in [-0.2, -0.15) is 0 Å². The van der Waals surface area contributed by atoms with Gasteiger partial charge in [0.15, 0.2) is 0 Å². The molecule has 2 N–H and O–H groups in total. The van der Waals surface area contributed by atoms with Crippen molar-refractivity contribution in [2.45, 2.75) is 25.3 Å². The second-order valence-corrected chi connectivity index (χ2v) is 3.68. The number of nitrogens with two attached hydrogens (primary N) is 1. The van der Waals surface area contributed by atoms with Crippen LogP contribution in [0.4, 0.5) is 4.39 Å². The third-order valence-electron chi connectivity index (χ3n) is 2.72. The minimum atomic E-state index is -0.139. The quantitative estimate of drug-likeness (QED) is 0.676. The van der Waals surface area contributed by atoms with Crippen molar-refractivity contribution in [3.8, 4) is 0 Å². The van der Waals surface area contributed by atoms with E-state index in [4.69, 9.17) is 0 Å². The zero-order valence-corrected chi connectivity index (χ0v) is 7.67. The van der Waals surface area contributed by atoms with Crippen molar-refractivity contribution in [3.63, 3.8) is 0 Å². The van der Waals surface area contributed by atoms with Gasteiger partial charge in [0.2, 0.25) is 0 Å². The number of hydrogen-bond acceptors (Lipinski definition) is 0. The maximum atomic E-state index is 12.6. The molecule has 1 aromatic rings. The summed E-state index contributed by atoms with van der Waals surface area (Å²) in [6, 6.07) is 7.48. The van der Waals surface area contributed by atoms with Gasteiger partial charge >= 0.3 is 0 Å². The molecule has 1 aromatic carbocycles. The van der Waals surface area contributed by atoms with Gasteiger partial charge in [-0.15, -0.1) is 0 Å². The molecule has 1 heterocycles. The van der Waals surface area contributed by atoms with Gasteiger partial charge in [-0.25, -0.2) is 4.39 Å². The van der Waals surface area contributed by atoms with Crippen LogP contribution in [0.3, 0.4) is 0 Å². The summed E-state index contributed by atoms with van der Waals surface area (Å²) in [7, 11) is 0. The van der Waals surface area contributed by atoms with Crippen LogP contribution in [0, 0.1) is 5.82 Å². The van der Waals surface area contributed by atoms with Crippen LogP contribution in [0.5, 0.6) is 0 Å². The van der Waals surface area contributed by atoms with E-state index in [1.54, 1.807) is 12.1 Å². The molecule has 0 aliphatic carbocycles. The smallest absolute Gasteiger partial charge is 0.123 e. The third-order valence-corrected chi connectivity index (χ3v) is 2.72. The Morgan fingerprint density at radius 1 is 1.15 bits per heavy atom. The van der Waals surface area contributed by atoms with Gasteiger partial charge in [0.05, 0.1) is 6.54 Å². The predicted molar refractivity (Wildman–Crippen MR) is 49.8 cm³/mol. The highest BCUT2D eigenvalue weighted by molar-refractivity contribution is 5.18. The maximum absolute atomic E-state index is 12.6. The fourth-order valence-corrected chi connectivity index (χ4v) is 1.96. The van der Waals surface area contributed by atoms with Crippen LogP contribution in [0.15, 0.2) is 24.3 Å². The van der Waals surface area contributed by atoms with Crippen LogP contribution in [-0.2, 0) is 0 Å². The number of halogens is 1. The highest BCUT2D eigenvalue weighted by atomic mass is 19.1. The molecule has 13 heavy (non-hydrogen) atoms. The summed E-state index contributed by atoms with van der Waals surface area (Å²) in [6.07, 6.45) is 3.85. The summed E-state index contributed by atoms with van der Waals surface area (Å²) in [5.74, 6) is -0.139. The molecule has 1 aliphatic rings. The van der Waals surface area contributed by atoms with E-state index in [2.05, 4.69) is 5.32 Å². The molecule has 0 unspecified atom stereocenters. The molecular formula is C11H15FN+. The van der Waals surface area contributed by atoms with Crippen molar-refractivity contribution in [1.29, 1.82) is 0 Å². The predicted octanol–water partition coefficient (Wildman–Crippen LogP) is 1.61. The molecule has 2 rings (SSSR count). The van der Waals surface area contributed by atoms with E-state index in [-0.39, 0.29) is 5.82 Å². The van der Waals surface area contributed by atoms with Gasteiger partial charge in [-0.3, -0.25) is 0 Å². The molecule has 1 fully saturated rings. The molecular weight excluding hydrogens is 165 g/mol. The van der Waals surface area contributed by atoms with E-state index >= 15 is 0 Å². The standard InChI is InChI=1S/C11H14FN/c12-10-6-4-9(5-7-10)11-3-1-2-8-13-11/h4-7,11,13H,1-3,8H2/p+1/t11-/m1/s1. The second-order valence-electron chi connectivity index (χ2n) is 3.68. The van der Waals surface area contributed by atoms with Gasteiger partial charge in [-0.1, -0.05) is 12.1 Å². The Kier molecular flexibility index (Phi) is 2.60. The Morgan fingerprint density at radius 3 is 2.54 bits per heavy atom. The average Bonchev–Trinajstić information content (AvgIpc) is 2.20. The SMILES string of the molecule is Fc1ccc([C@H]2CCCC[NH2+]2)cc1. The first-order valence-corrected chi connectivity index (χ1v) is 4.95. The lowest BCUT2D eigenvalue weighted by atomic mass is 9.98. The summed E-state index contributed by atoms with van der Waals surface area (Å²) in [5.41, 5.74) is 1.26. The van der Waals surface area contributed by atoms with Crippen molar-refractivity contribution < 1.29 is 9.71 Å². The highest BCUT2D eigenvalue weighted by Crippen LogP contribution is 2.17. The van der Waals surface area contributed by atoms with Gasteiger partial charge < -0.3 is 5.32 Å². The monoisotopic (exact) mass is 180 g/mol. The minimum absolute atomic E-state index is 0.139. The molecule has 0 bridgehead atoms. The lowest BCUT2D eigenvalue weighted by Gasteiger charge is -2.20. The number of piperidine rings is 1. The molecule has 1 saturated heterocycles. The van der Waals surface area contributed by atoms with Crippen LogP contribution in [0.1, 0.15) is 30.9 Å². The van der Waals surface area contributed by atoms with Crippen molar-refractivity contribution in [1.82, 2.24) is 0 Å². The Bertz CT molecular complexity index is 262. The molecule has 70 valence electrons. The molecule has 0 spiro atoms. The molecule has 1 nitrogen and oxygen atoms in total. The van der Waals surface area contributed by atoms with Gasteiger partial charge in [0.1, 0.15) is 11.9 Å².